The van der Waals surface area contributed by atoms with Gasteiger partial charge >= 0.3 is 6.03 Å². The van der Waals surface area contributed by atoms with Crippen molar-refractivity contribution in [2.45, 2.75) is 83.0 Å². The van der Waals surface area contributed by atoms with Crippen molar-refractivity contribution in [3.05, 3.63) is 24.3 Å². The van der Waals surface area contributed by atoms with Gasteiger partial charge in [-0.1, -0.05) is 38.8 Å². The van der Waals surface area contributed by atoms with Crippen molar-refractivity contribution >= 4 is 29.4 Å². The Kier molecular flexibility index (Phi) is 6.32. The van der Waals surface area contributed by atoms with Gasteiger partial charge in [0.15, 0.2) is 6.10 Å². The Morgan fingerprint density at radius 2 is 1.85 bits per heavy atom. The molecular formula is C24H32N4O5. The molecule has 1 saturated carbocycles. The van der Waals surface area contributed by atoms with Gasteiger partial charge in [0, 0.05) is 6.04 Å². The number of carbonyl (C=O) groups excluding carboxylic acids is 4. The van der Waals surface area contributed by atoms with Crippen LogP contribution in [-0.2, 0) is 14.4 Å². The van der Waals surface area contributed by atoms with Crippen LogP contribution in [0.15, 0.2) is 24.3 Å². The standard InChI is InChI=1S/C24H32N4O5/c1-4-16(5-2)25-20(29)19-14-27(17-10-6-7-11-18(17)33-19)21(30)15(3)28-22(31)24(26-23(28)32)12-8-9-13-24/h6-7,10-11,15-16,19H,4-5,8-9,12-14H2,1-3H3,(H,25,29)(H,26,32). The predicted molar refractivity (Wildman–Crippen MR) is 122 cm³/mol. The first kappa shape index (κ1) is 23.1. The Balaban J connectivity index is 1.57. The van der Waals surface area contributed by atoms with E-state index in [-0.39, 0.29) is 24.4 Å². The van der Waals surface area contributed by atoms with Gasteiger partial charge in [0.1, 0.15) is 17.3 Å². The molecule has 0 bridgehead atoms. The number of hydrogen-bond donors (Lipinski definition) is 2. The van der Waals surface area contributed by atoms with Crippen molar-refractivity contribution in [2.24, 2.45) is 0 Å². The van der Waals surface area contributed by atoms with Crippen LogP contribution < -0.4 is 20.3 Å². The molecule has 0 aromatic heterocycles. The summed E-state index contributed by atoms with van der Waals surface area (Å²) in [5.41, 5.74) is -0.365. The molecule has 9 heteroatoms. The molecule has 2 fully saturated rings. The predicted octanol–water partition coefficient (Wildman–Crippen LogP) is 2.34. The second kappa shape index (κ2) is 9.03. The summed E-state index contributed by atoms with van der Waals surface area (Å²) in [5.74, 6) is -0.637. The van der Waals surface area contributed by atoms with E-state index < -0.39 is 29.6 Å². The molecule has 1 aromatic rings. The Bertz CT molecular complexity index is 954. The minimum Gasteiger partial charge on any atom is -0.477 e. The van der Waals surface area contributed by atoms with E-state index in [0.29, 0.717) is 24.3 Å². The molecule has 2 aliphatic heterocycles. The van der Waals surface area contributed by atoms with Crippen LogP contribution in [-0.4, -0.2) is 58.9 Å². The summed E-state index contributed by atoms with van der Waals surface area (Å²) in [7, 11) is 0. The number of urea groups is 1. The fraction of sp³-hybridized carbons (Fsp3) is 0.583. The summed E-state index contributed by atoms with van der Waals surface area (Å²) in [6, 6.07) is 5.47. The summed E-state index contributed by atoms with van der Waals surface area (Å²) in [5, 5.41) is 5.80. The van der Waals surface area contributed by atoms with E-state index in [1.165, 1.54) is 4.90 Å². The Morgan fingerprint density at radius 1 is 1.18 bits per heavy atom. The first-order valence-electron chi connectivity index (χ1n) is 11.8. The number of fused-ring (bicyclic) bond motifs is 1. The van der Waals surface area contributed by atoms with E-state index in [1.54, 1.807) is 31.2 Å². The quantitative estimate of drug-likeness (QED) is 0.639. The number of nitrogens with one attached hydrogen (secondary N) is 2. The van der Waals surface area contributed by atoms with Crippen molar-refractivity contribution in [3.8, 4) is 5.75 Å². The molecule has 1 aliphatic carbocycles. The largest absolute Gasteiger partial charge is 0.477 e. The van der Waals surface area contributed by atoms with Gasteiger partial charge in [0.05, 0.1) is 12.2 Å². The van der Waals surface area contributed by atoms with Crippen LogP contribution in [0.3, 0.4) is 0 Å². The van der Waals surface area contributed by atoms with Crippen molar-refractivity contribution in [2.75, 3.05) is 11.4 Å². The van der Waals surface area contributed by atoms with E-state index in [0.717, 1.165) is 30.6 Å². The zero-order chi connectivity index (χ0) is 23.8. The molecule has 2 unspecified atom stereocenters. The molecule has 3 aliphatic rings. The number of nitrogens with zero attached hydrogens (tertiary/aromatic N) is 2. The van der Waals surface area contributed by atoms with Crippen LogP contribution in [0.4, 0.5) is 10.5 Å². The first-order chi connectivity index (χ1) is 15.8. The smallest absolute Gasteiger partial charge is 0.325 e. The molecule has 2 N–H and O–H groups in total. The third-order valence-corrected chi connectivity index (χ3v) is 7.06. The maximum Gasteiger partial charge on any atom is 0.325 e. The number of amides is 5. The molecule has 178 valence electrons. The van der Waals surface area contributed by atoms with Crippen LogP contribution in [0.2, 0.25) is 0 Å². The van der Waals surface area contributed by atoms with Gasteiger partial charge in [0.2, 0.25) is 5.91 Å². The van der Waals surface area contributed by atoms with Gasteiger partial charge in [-0.15, -0.1) is 0 Å². The molecule has 2 heterocycles. The molecule has 2 atom stereocenters. The maximum absolute atomic E-state index is 13.6. The van der Waals surface area contributed by atoms with Gasteiger partial charge in [-0.05, 0) is 44.7 Å². The van der Waals surface area contributed by atoms with Crippen molar-refractivity contribution in [1.82, 2.24) is 15.5 Å². The van der Waals surface area contributed by atoms with Crippen LogP contribution >= 0.6 is 0 Å². The summed E-state index contributed by atoms with van der Waals surface area (Å²) in [6.07, 6.45) is 3.61. The molecule has 4 rings (SSSR count). The average Bonchev–Trinajstić information content (AvgIpc) is 3.39. The third-order valence-electron chi connectivity index (χ3n) is 7.06. The van der Waals surface area contributed by atoms with E-state index in [2.05, 4.69) is 10.6 Å². The minimum atomic E-state index is -1.01. The van der Waals surface area contributed by atoms with Gasteiger partial charge in [-0.3, -0.25) is 14.4 Å². The lowest BCUT2D eigenvalue weighted by molar-refractivity contribution is -0.137. The summed E-state index contributed by atoms with van der Waals surface area (Å²) >= 11 is 0. The normalized spacial score (nSPS) is 22.2. The SMILES string of the molecule is CCC(CC)NC(=O)C1CN(C(=O)C(C)N2C(=O)NC3(CCCC3)C2=O)c2ccccc2O1. The van der Waals surface area contributed by atoms with Crippen molar-refractivity contribution < 1.29 is 23.9 Å². The highest BCUT2D eigenvalue weighted by Gasteiger charge is 2.55. The molecule has 33 heavy (non-hydrogen) atoms. The highest BCUT2D eigenvalue weighted by atomic mass is 16.5. The number of carbonyl (C=O) groups is 4. The van der Waals surface area contributed by atoms with Crippen LogP contribution in [0.5, 0.6) is 5.75 Å². The second-order valence-electron chi connectivity index (χ2n) is 9.12. The number of anilines is 1. The lowest BCUT2D eigenvalue weighted by atomic mass is 9.97. The number of para-hydroxylation sites is 2. The van der Waals surface area contributed by atoms with Crippen LogP contribution in [0, 0.1) is 0 Å². The zero-order valence-electron chi connectivity index (χ0n) is 19.4. The fourth-order valence-corrected chi connectivity index (χ4v) is 5.01. The van der Waals surface area contributed by atoms with E-state index >= 15 is 0 Å². The maximum atomic E-state index is 13.6. The first-order valence-corrected chi connectivity index (χ1v) is 11.8. The lowest BCUT2D eigenvalue weighted by Crippen LogP contribution is -2.57. The third kappa shape index (κ3) is 4.05. The molecule has 0 radical (unpaired) electrons. The Hall–Kier alpha value is -3.10. The molecule has 1 saturated heterocycles. The van der Waals surface area contributed by atoms with Gasteiger partial charge in [-0.2, -0.15) is 0 Å². The van der Waals surface area contributed by atoms with E-state index in [4.69, 9.17) is 4.74 Å². The van der Waals surface area contributed by atoms with Gasteiger partial charge in [-0.25, -0.2) is 9.69 Å². The molecule has 1 spiro atoms. The number of imide groups is 1. The van der Waals surface area contributed by atoms with Crippen LogP contribution in [0.1, 0.15) is 59.3 Å². The highest BCUT2D eigenvalue weighted by molar-refractivity contribution is 6.12. The van der Waals surface area contributed by atoms with Gasteiger partial charge in [0.25, 0.3) is 11.8 Å². The summed E-state index contributed by atoms with van der Waals surface area (Å²) in [6.45, 7) is 5.56. The Labute approximate surface area is 193 Å². The van der Waals surface area contributed by atoms with E-state index in [1.807, 2.05) is 13.8 Å². The second-order valence-corrected chi connectivity index (χ2v) is 9.12. The number of hydrogen-bond acceptors (Lipinski definition) is 5. The van der Waals surface area contributed by atoms with Gasteiger partial charge < -0.3 is 20.3 Å². The molecule has 9 nitrogen and oxygen atoms in total. The lowest BCUT2D eigenvalue weighted by Gasteiger charge is -2.37. The summed E-state index contributed by atoms with van der Waals surface area (Å²) in [4.78, 5) is 54.9. The summed E-state index contributed by atoms with van der Waals surface area (Å²) < 4.78 is 5.92. The molecule has 5 amide bonds. The highest BCUT2D eigenvalue weighted by Crippen LogP contribution is 2.37. The van der Waals surface area contributed by atoms with Crippen molar-refractivity contribution in [3.63, 3.8) is 0 Å². The van der Waals surface area contributed by atoms with Crippen LogP contribution in [0.25, 0.3) is 0 Å². The fourth-order valence-electron chi connectivity index (χ4n) is 5.01. The zero-order valence-corrected chi connectivity index (χ0v) is 19.4. The van der Waals surface area contributed by atoms with E-state index in [9.17, 15) is 19.2 Å². The molecular weight excluding hydrogens is 424 g/mol. The number of rotatable bonds is 6. The Morgan fingerprint density at radius 3 is 2.52 bits per heavy atom. The monoisotopic (exact) mass is 456 g/mol. The number of ether oxygens (including phenoxy) is 1. The number of benzene rings is 1. The topological polar surface area (TPSA) is 108 Å². The molecule has 1 aromatic carbocycles. The van der Waals surface area contributed by atoms with Crippen molar-refractivity contribution in [1.29, 1.82) is 0 Å². The average molecular weight is 457 g/mol. The minimum absolute atomic E-state index is 0.000953.